The number of carbonyl (C=O) groups excluding carboxylic acids is 1. The van der Waals surface area contributed by atoms with E-state index in [1.54, 1.807) is 0 Å². The molecule has 0 spiro atoms. The van der Waals surface area contributed by atoms with Crippen molar-refractivity contribution >= 4 is 6.29 Å². The van der Waals surface area contributed by atoms with E-state index < -0.39 is 0 Å². The van der Waals surface area contributed by atoms with Crippen LogP contribution >= 0.6 is 0 Å². The second-order valence-corrected chi connectivity index (χ2v) is 3.90. The first-order valence-electron chi connectivity index (χ1n) is 5.15. The van der Waals surface area contributed by atoms with Crippen LogP contribution in [0.5, 0.6) is 0 Å². The fraction of sp³-hybridized carbons (Fsp3) is 0.462. The summed E-state index contributed by atoms with van der Waals surface area (Å²) in [7, 11) is 0. The van der Waals surface area contributed by atoms with Gasteiger partial charge >= 0.3 is 0 Å². The Balaban J connectivity index is 4.10. The number of rotatable bonds is 7. The number of carbonyl (C=O) groups is 1. The van der Waals surface area contributed by atoms with Crippen LogP contribution in [0.1, 0.15) is 26.7 Å². The van der Waals surface area contributed by atoms with E-state index in [0.29, 0.717) is 0 Å². The maximum absolute atomic E-state index is 12.8. The molecule has 15 heavy (non-hydrogen) atoms. The highest BCUT2D eigenvalue weighted by atomic mass is 19.1. The molecular formula is C13H19FO. The third-order valence-corrected chi connectivity index (χ3v) is 2.44. The summed E-state index contributed by atoms with van der Waals surface area (Å²) in [6.45, 7) is 11.0. The molecule has 2 heteroatoms. The Labute approximate surface area is 91.4 Å². The molecule has 0 aliphatic rings. The summed E-state index contributed by atoms with van der Waals surface area (Å²) in [5.74, 6) is -0.109. The molecule has 0 radical (unpaired) electrons. The Bertz CT molecular complexity index is 266. The Hall–Kier alpha value is -1.18. The van der Waals surface area contributed by atoms with E-state index in [1.807, 2.05) is 13.8 Å². The maximum Gasteiger partial charge on any atom is 0.122 e. The lowest BCUT2D eigenvalue weighted by Crippen LogP contribution is -2.02. The van der Waals surface area contributed by atoms with Gasteiger partial charge in [-0.15, -0.1) is 0 Å². The highest BCUT2D eigenvalue weighted by Gasteiger charge is 2.08. The van der Waals surface area contributed by atoms with E-state index in [-0.39, 0.29) is 17.7 Å². The molecule has 0 rings (SSSR count). The number of hydrogen-bond acceptors (Lipinski definition) is 1. The number of halogens is 1. The number of hydrogen-bond donors (Lipinski definition) is 0. The summed E-state index contributed by atoms with van der Waals surface area (Å²) in [5.41, 5.74) is 0.741. The van der Waals surface area contributed by atoms with Gasteiger partial charge in [0.15, 0.2) is 0 Å². The quantitative estimate of drug-likeness (QED) is 0.461. The van der Waals surface area contributed by atoms with Crippen molar-refractivity contribution in [2.45, 2.75) is 26.7 Å². The summed E-state index contributed by atoms with van der Waals surface area (Å²) >= 11 is 0. The molecular weight excluding hydrogens is 191 g/mol. The normalized spacial score (nSPS) is 15.5. The second kappa shape index (κ2) is 7.16. The molecule has 0 heterocycles. The molecule has 0 aromatic heterocycles. The van der Waals surface area contributed by atoms with Gasteiger partial charge in [-0.25, -0.2) is 4.39 Å². The van der Waals surface area contributed by atoms with Crippen molar-refractivity contribution in [2.24, 2.45) is 11.8 Å². The summed E-state index contributed by atoms with van der Waals surface area (Å²) in [6.07, 6.45) is 5.15. The lowest BCUT2D eigenvalue weighted by atomic mass is 9.93. The standard InChI is InChI=1S/C13H19FO/c1-5-13(14)8-12(4)11(3)7-6-10(2)9-15/h5,8-11H,1,4,6-7H2,2-3H3/b13-8+. The maximum atomic E-state index is 12.8. The summed E-state index contributed by atoms with van der Waals surface area (Å²) in [5, 5.41) is 0. The van der Waals surface area contributed by atoms with Gasteiger partial charge in [0.2, 0.25) is 0 Å². The fourth-order valence-electron chi connectivity index (χ4n) is 1.14. The van der Waals surface area contributed by atoms with Crippen LogP contribution in [-0.4, -0.2) is 6.29 Å². The van der Waals surface area contributed by atoms with Gasteiger partial charge in [0.1, 0.15) is 12.1 Å². The van der Waals surface area contributed by atoms with Crippen LogP contribution in [0.25, 0.3) is 0 Å². The van der Waals surface area contributed by atoms with Crippen LogP contribution in [0.4, 0.5) is 4.39 Å². The molecule has 2 unspecified atom stereocenters. The zero-order valence-corrected chi connectivity index (χ0v) is 9.50. The zero-order chi connectivity index (χ0) is 11.8. The van der Waals surface area contributed by atoms with Crippen molar-refractivity contribution in [1.29, 1.82) is 0 Å². The van der Waals surface area contributed by atoms with Crippen LogP contribution < -0.4 is 0 Å². The molecule has 0 saturated heterocycles. The van der Waals surface area contributed by atoms with Crippen molar-refractivity contribution in [3.8, 4) is 0 Å². The Morgan fingerprint density at radius 2 is 2.00 bits per heavy atom. The Morgan fingerprint density at radius 3 is 2.47 bits per heavy atom. The average Bonchev–Trinajstić information content (AvgIpc) is 2.24. The lowest BCUT2D eigenvalue weighted by molar-refractivity contribution is -0.110. The van der Waals surface area contributed by atoms with Crippen LogP contribution in [0.2, 0.25) is 0 Å². The molecule has 1 nitrogen and oxygen atoms in total. The van der Waals surface area contributed by atoms with E-state index in [1.165, 1.54) is 6.08 Å². The average molecular weight is 210 g/mol. The van der Waals surface area contributed by atoms with Crippen molar-refractivity contribution in [2.75, 3.05) is 0 Å². The fourth-order valence-corrected chi connectivity index (χ4v) is 1.14. The number of allylic oxidation sites excluding steroid dienone is 4. The molecule has 2 atom stereocenters. The van der Waals surface area contributed by atoms with Crippen LogP contribution in [0.3, 0.4) is 0 Å². The molecule has 0 N–H and O–H groups in total. The molecule has 0 fully saturated rings. The van der Waals surface area contributed by atoms with Gasteiger partial charge in [-0.05, 0) is 36.5 Å². The second-order valence-electron chi connectivity index (χ2n) is 3.90. The molecule has 0 saturated carbocycles. The number of aldehydes is 1. The van der Waals surface area contributed by atoms with Gasteiger partial charge in [-0.3, -0.25) is 0 Å². The first-order chi connectivity index (χ1) is 7.01. The third kappa shape index (κ3) is 6.00. The Kier molecular flexibility index (Phi) is 6.59. The zero-order valence-electron chi connectivity index (χ0n) is 9.50. The minimum atomic E-state index is -0.365. The summed E-state index contributed by atoms with van der Waals surface area (Å²) in [4.78, 5) is 10.4. The highest BCUT2D eigenvalue weighted by molar-refractivity contribution is 5.52. The summed E-state index contributed by atoms with van der Waals surface area (Å²) < 4.78 is 12.8. The first-order valence-corrected chi connectivity index (χ1v) is 5.15. The molecule has 0 aliphatic heterocycles. The monoisotopic (exact) mass is 210 g/mol. The molecule has 0 aliphatic carbocycles. The van der Waals surface area contributed by atoms with Crippen LogP contribution in [0.15, 0.2) is 36.7 Å². The largest absolute Gasteiger partial charge is 0.303 e. The molecule has 0 aromatic rings. The van der Waals surface area contributed by atoms with Gasteiger partial charge < -0.3 is 4.79 Å². The summed E-state index contributed by atoms with van der Waals surface area (Å²) in [6, 6.07) is 0. The molecule has 0 amide bonds. The van der Waals surface area contributed by atoms with Gasteiger partial charge in [0.05, 0.1) is 0 Å². The third-order valence-electron chi connectivity index (χ3n) is 2.44. The van der Waals surface area contributed by atoms with Crippen molar-refractivity contribution in [3.05, 3.63) is 36.7 Å². The smallest absolute Gasteiger partial charge is 0.122 e. The molecule has 84 valence electrons. The SMILES string of the molecule is C=C/C(F)=C\C(=C)C(C)CCC(C)C=O. The van der Waals surface area contributed by atoms with Crippen molar-refractivity contribution in [3.63, 3.8) is 0 Å². The van der Waals surface area contributed by atoms with Crippen LogP contribution in [-0.2, 0) is 4.79 Å². The minimum Gasteiger partial charge on any atom is -0.303 e. The predicted molar refractivity (Wildman–Crippen MR) is 62.2 cm³/mol. The first kappa shape index (κ1) is 13.8. The van der Waals surface area contributed by atoms with Crippen molar-refractivity contribution in [1.82, 2.24) is 0 Å². The van der Waals surface area contributed by atoms with Gasteiger partial charge in [0.25, 0.3) is 0 Å². The van der Waals surface area contributed by atoms with Gasteiger partial charge in [-0.2, -0.15) is 0 Å². The topological polar surface area (TPSA) is 17.1 Å². The van der Waals surface area contributed by atoms with Crippen molar-refractivity contribution < 1.29 is 9.18 Å². The van der Waals surface area contributed by atoms with E-state index in [9.17, 15) is 9.18 Å². The van der Waals surface area contributed by atoms with Gasteiger partial charge in [-0.1, -0.05) is 27.0 Å². The Morgan fingerprint density at radius 1 is 1.40 bits per heavy atom. The lowest BCUT2D eigenvalue weighted by Gasteiger charge is -2.12. The minimum absolute atomic E-state index is 0.0634. The predicted octanol–water partition coefficient (Wildman–Crippen LogP) is 3.83. The van der Waals surface area contributed by atoms with Crippen LogP contribution in [0, 0.1) is 11.8 Å². The van der Waals surface area contributed by atoms with E-state index in [0.717, 1.165) is 30.8 Å². The molecule has 0 aromatic carbocycles. The molecule has 0 bridgehead atoms. The van der Waals surface area contributed by atoms with Gasteiger partial charge in [0, 0.05) is 5.92 Å². The highest BCUT2D eigenvalue weighted by Crippen LogP contribution is 2.20. The van der Waals surface area contributed by atoms with E-state index >= 15 is 0 Å². The van der Waals surface area contributed by atoms with E-state index in [4.69, 9.17) is 0 Å². The van der Waals surface area contributed by atoms with E-state index in [2.05, 4.69) is 13.2 Å².